The van der Waals surface area contributed by atoms with E-state index in [-0.39, 0.29) is 10.7 Å². The van der Waals surface area contributed by atoms with Crippen LogP contribution in [-0.2, 0) is 10.0 Å². The predicted octanol–water partition coefficient (Wildman–Crippen LogP) is 4.74. The van der Waals surface area contributed by atoms with E-state index in [1.54, 1.807) is 48.5 Å². The Morgan fingerprint density at radius 2 is 1.46 bits per heavy atom. The number of sulfonamides is 1. The maximum atomic E-state index is 13.6. The van der Waals surface area contributed by atoms with Crippen LogP contribution in [0.4, 0.5) is 5.69 Å². The van der Waals surface area contributed by atoms with Gasteiger partial charge in [-0.3, -0.25) is 9.10 Å². The summed E-state index contributed by atoms with van der Waals surface area (Å²) in [7, 11) is -3.92. The number of benzene rings is 3. The maximum absolute atomic E-state index is 13.6. The van der Waals surface area contributed by atoms with E-state index in [1.165, 1.54) is 4.31 Å². The minimum Gasteiger partial charge on any atom is -0.291 e. The van der Waals surface area contributed by atoms with Crippen molar-refractivity contribution in [1.29, 1.82) is 0 Å². The number of anilines is 1. The molecule has 4 nitrogen and oxygen atoms in total. The van der Waals surface area contributed by atoms with E-state index in [0.29, 0.717) is 11.3 Å². The molecule has 0 saturated carbocycles. The summed E-state index contributed by atoms with van der Waals surface area (Å²) < 4.78 is 28.5. The second-order valence-corrected chi connectivity index (χ2v) is 9.07. The van der Waals surface area contributed by atoms with Gasteiger partial charge in [0.2, 0.25) is 0 Å². The van der Waals surface area contributed by atoms with Crippen molar-refractivity contribution in [3.05, 3.63) is 94.5 Å². The third kappa shape index (κ3) is 2.83. The van der Waals surface area contributed by atoms with E-state index in [0.717, 1.165) is 22.3 Å². The van der Waals surface area contributed by atoms with Gasteiger partial charge in [0.15, 0.2) is 5.78 Å². The Bertz CT molecular complexity index is 1180. The molecule has 28 heavy (non-hydrogen) atoms. The van der Waals surface area contributed by atoms with Crippen molar-refractivity contribution in [3.63, 3.8) is 0 Å². The smallest absolute Gasteiger partial charge is 0.265 e. The molecule has 0 spiro atoms. The Hall–Kier alpha value is -2.92. The molecule has 1 atom stereocenters. The summed E-state index contributed by atoms with van der Waals surface area (Å²) in [5.74, 6) is -0.194. The van der Waals surface area contributed by atoms with Crippen molar-refractivity contribution in [1.82, 2.24) is 0 Å². The highest BCUT2D eigenvalue weighted by Crippen LogP contribution is 2.44. The molecule has 0 aromatic heterocycles. The number of para-hydroxylation sites is 1. The monoisotopic (exact) mass is 391 g/mol. The van der Waals surface area contributed by atoms with Crippen molar-refractivity contribution in [3.8, 4) is 0 Å². The number of hydrogen-bond donors (Lipinski definition) is 0. The molecule has 1 aliphatic rings. The molecule has 1 unspecified atom stereocenters. The molecule has 0 radical (unpaired) electrons. The quantitative estimate of drug-likeness (QED) is 0.648. The van der Waals surface area contributed by atoms with Crippen LogP contribution in [0.1, 0.15) is 38.7 Å². The van der Waals surface area contributed by atoms with Gasteiger partial charge >= 0.3 is 0 Å². The van der Waals surface area contributed by atoms with Crippen LogP contribution in [0, 0.1) is 20.8 Å². The molecule has 0 bridgehead atoms. The molecule has 5 heteroatoms. The van der Waals surface area contributed by atoms with E-state index in [2.05, 4.69) is 0 Å². The normalized spacial score (nSPS) is 16.3. The van der Waals surface area contributed by atoms with Crippen LogP contribution in [-0.4, -0.2) is 14.2 Å². The summed E-state index contributed by atoms with van der Waals surface area (Å²) in [6, 6.07) is 18.5. The fourth-order valence-electron chi connectivity index (χ4n) is 3.68. The van der Waals surface area contributed by atoms with Gasteiger partial charge in [-0.15, -0.1) is 0 Å². The lowest BCUT2D eigenvalue weighted by molar-refractivity contribution is 0.0974. The van der Waals surface area contributed by atoms with Crippen LogP contribution in [0.25, 0.3) is 0 Å². The molecule has 142 valence electrons. The Balaban J connectivity index is 1.96. The largest absolute Gasteiger partial charge is 0.291 e. The molecule has 0 aliphatic carbocycles. The average molecular weight is 391 g/mol. The summed E-state index contributed by atoms with van der Waals surface area (Å²) in [5, 5.41) is 0. The van der Waals surface area contributed by atoms with E-state index in [9.17, 15) is 13.2 Å². The lowest BCUT2D eigenvalue weighted by Gasteiger charge is -2.27. The predicted molar refractivity (Wildman–Crippen MR) is 110 cm³/mol. The maximum Gasteiger partial charge on any atom is 0.265 e. The van der Waals surface area contributed by atoms with Crippen molar-refractivity contribution in [2.24, 2.45) is 0 Å². The SMILES string of the molecule is Cc1ccc(S(=O)(=O)N2c3ccccc3C(=O)C2c2cc(C)ccc2C)cc1. The van der Waals surface area contributed by atoms with E-state index >= 15 is 0 Å². The van der Waals surface area contributed by atoms with Gasteiger partial charge in [-0.25, -0.2) is 8.42 Å². The highest BCUT2D eigenvalue weighted by Gasteiger charge is 2.45. The van der Waals surface area contributed by atoms with E-state index in [1.807, 2.05) is 39.0 Å². The summed E-state index contributed by atoms with van der Waals surface area (Å²) in [5.41, 5.74) is 4.43. The van der Waals surface area contributed by atoms with Gasteiger partial charge in [-0.2, -0.15) is 0 Å². The van der Waals surface area contributed by atoms with Crippen molar-refractivity contribution in [2.75, 3.05) is 4.31 Å². The molecular weight excluding hydrogens is 370 g/mol. The van der Waals surface area contributed by atoms with Crippen LogP contribution < -0.4 is 4.31 Å². The summed E-state index contributed by atoms with van der Waals surface area (Å²) in [4.78, 5) is 13.5. The van der Waals surface area contributed by atoms with Crippen molar-refractivity contribution < 1.29 is 13.2 Å². The Morgan fingerprint density at radius 1 is 0.821 bits per heavy atom. The molecule has 3 aromatic rings. The van der Waals surface area contributed by atoms with Crippen molar-refractivity contribution in [2.45, 2.75) is 31.7 Å². The number of ketones is 1. The standard InChI is InChI=1S/C23H21NO3S/c1-15-9-12-18(13-10-15)28(26,27)24-21-7-5-4-6-19(21)23(25)22(24)20-14-16(2)8-11-17(20)3/h4-14,22H,1-3H3. The highest BCUT2D eigenvalue weighted by atomic mass is 32.2. The molecule has 0 amide bonds. The Morgan fingerprint density at radius 3 is 2.18 bits per heavy atom. The fraction of sp³-hybridized carbons (Fsp3) is 0.174. The molecule has 0 saturated heterocycles. The number of carbonyl (C=O) groups excluding carboxylic acids is 1. The third-order valence-electron chi connectivity index (χ3n) is 5.20. The fourth-order valence-corrected chi connectivity index (χ4v) is 5.29. The van der Waals surface area contributed by atoms with Gasteiger partial charge in [0, 0.05) is 5.56 Å². The number of carbonyl (C=O) groups is 1. The van der Waals surface area contributed by atoms with Crippen LogP contribution in [0.15, 0.2) is 71.6 Å². The lowest BCUT2D eigenvalue weighted by atomic mass is 9.96. The minimum absolute atomic E-state index is 0.179. The van der Waals surface area contributed by atoms with E-state index < -0.39 is 16.1 Å². The van der Waals surface area contributed by atoms with Crippen LogP contribution in [0.3, 0.4) is 0 Å². The van der Waals surface area contributed by atoms with Crippen molar-refractivity contribution >= 4 is 21.5 Å². The van der Waals surface area contributed by atoms with Gasteiger partial charge in [0.25, 0.3) is 10.0 Å². The number of aryl methyl sites for hydroxylation is 3. The van der Waals surface area contributed by atoms with Crippen LogP contribution in [0.5, 0.6) is 0 Å². The number of nitrogens with zero attached hydrogens (tertiary/aromatic N) is 1. The first kappa shape index (κ1) is 18.4. The van der Waals surface area contributed by atoms with Crippen LogP contribution >= 0.6 is 0 Å². The topological polar surface area (TPSA) is 54.5 Å². The molecular formula is C23H21NO3S. The van der Waals surface area contributed by atoms with Gasteiger partial charge in [-0.1, -0.05) is 53.6 Å². The second kappa shape index (κ2) is 6.60. The number of hydrogen-bond acceptors (Lipinski definition) is 3. The summed E-state index contributed by atoms with van der Waals surface area (Å²) in [6.45, 7) is 5.75. The van der Waals surface area contributed by atoms with Gasteiger partial charge in [0.1, 0.15) is 6.04 Å². The highest BCUT2D eigenvalue weighted by molar-refractivity contribution is 7.93. The average Bonchev–Trinajstić information content (AvgIpc) is 2.97. The molecule has 0 N–H and O–H groups in total. The molecule has 0 fully saturated rings. The zero-order valence-corrected chi connectivity index (χ0v) is 16.8. The Kier molecular flexibility index (Phi) is 4.35. The zero-order chi connectivity index (χ0) is 20.1. The number of rotatable bonds is 3. The first-order chi connectivity index (χ1) is 13.3. The first-order valence-electron chi connectivity index (χ1n) is 9.12. The summed E-state index contributed by atoms with van der Waals surface area (Å²) >= 11 is 0. The van der Waals surface area contributed by atoms with Crippen LogP contribution in [0.2, 0.25) is 0 Å². The molecule has 1 heterocycles. The van der Waals surface area contributed by atoms with Gasteiger partial charge in [-0.05, 0) is 56.2 Å². The number of fused-ring (bicyclic) bond motifs is 1. The third-order valence-corrected chi connectivity index (χ3v) is 6.99. The molecule has 1 aliphatic heterocycles. The van der Waals surface area contributed by atoms with E-state index in [4.69, 9.17) is 0 Å². The minimum atomic E-state index is -3.92. The first-order valence-corrected chi connectivity index (χ1v) is 10.6. The molecule has 4 rings (SSSR count). The number of Topliss-reactive ketones (excluding diaryl/α,β-unsaturated/α-hetero) is 1. The lowest BCUT2D eigenvalue weighted by Crippen LogP contribution is -2.34. The second-order valence-electron chi connectivity index (χ2n) is 7.26. The van der Waals surface area contributed by atoms with Gasteiger partial charge in [0.05, 0.1) is 10.6 Å². The molecule has 3 aromatic carbocycles. The van der Waals surface area contributed by atoms with Gasteiger partial charge < -0.3 is 0 Å². The Labute approximate surface area is 165 Å². The summed E-state index contributed by atoms with van der Waals surface area (Å²) in [6.07, 6.45) is 0. The zero-order valence-electron chi connectivity index (χ0n) is 16.0.